The lowest BCUT2D eigenvalue weighted by molar-refractivity contribution is -0.140. The number of aryl methyl sites for hydroxylation is 1. The highest BCUT2D eigenvalue weighted by Gasteiger charge is 2.13. The first-order valence-electron chi connectivity index (χ1n) is 5.85. The number of aromatic hydroxyl groups is 1. The molecule has 0 amide bonds. The van der Waals surface area contributed by atoms with Crippen molar-refractivity contribution in [3.05, 3.63) is 39.7 Å². The number of ether oxygens (including phenoxy) is 1. The maximum Gasteiger partial charge on any atom is 0.305 e. The second kappa shape index (κ2) is 5.14. The van der Waals surface area contributed by atoms with Crippen molar-refractivity contribution in [3.63, 3.8) is 0 Å². The first-order valence-corrected chi connectivity index (χ1v) is 5.85. The lowest BCUT2D eigenvalue weighted by Crippen LogP contribution is -2.13. The van der Waals surface area contributed by atoms with Gasteiger partial charge in [0.25, 0.3) is 0 Å². The molecule has 0 aliphatic carbocycles. The first kappa shape index (κ1) is 13.1. The van der Waals surface area contributed by atoms with E-state index in [0.717, 1.165) is 0 Å². The zero-order valence-electron chi connectivity index (χ0n) is 10.7. The van der Waals surface area contributed by atoms with Crippen LogP contribution in [0.1, 0.15) is 17.7 Å². The number of fused-ring (bicyclic) bond motifs is 1. The number of hydrogen-bond donors (Lipinski definition) is 1. The SMILES string of the molecule is COC(=O)CCc1c(C)oc2cc(O)ccc2c1=O. The van der Waals surface area contributed by atoms with Gasteiger partial charge in [0, 0.05) is 18.1 Å². The van der Waals surface area contributed by atoms with Crippen molar-refractivity contribution in [2.75, 3.05) is 7.11 Å². The molecule has 0 aliphatic heterocycles. The Bertz CT molecular complexity index is 684. The molecule has 0 atom stereocenters. The molecule has 100 valence electrons. The lowest BCUT2D eigenvalue weighted by atomic mass is 10.1. The molecule has 0 fully saturated rings. The average molecular weight is 262 g/mol. The van der Waals surface area contributed by atoms with E-state index in [2.05, 4.69) is 4.74 Å². The molecule has 1 aromatic carbocycles. The fourth-order valence-electron chi connectivity index (χ4n) is 1.95. The van der Waals surface area contributed by atoms with Crippen LogP contribution in [0, 0.1) is 6.92 Å². The Morgan fingerprint density at radius 2 is 2.16 bits per heavy atom. The number of hydrogen-bond acceptors (Lipinski definition) is 5. The van der Waals surface area contributed by atoms with E-state index in [1.165, 1.54) is 25.3 Å². The van der Waals surface area contributed by atoms with Crippen molar-refractivity contribution in [2.24, 2.45) is 0 Å². The number of benzene rings is 1. The number of carbonyl (C=O) groups is 1. The second-order valence-corrected chi connectivity index (χ2v) is 4.22. The summed E-state index contributed by atoms with van der Waals surface area (Å²) in [6.07, 6.45) is 0.406. The maximum absolute atomic E-state index is 12.3. The highest BCUT2D eigenvalue weighted by atomic mass is 16.5. The number of rotatable bonds is 3. The Kier molecular flexibility index (Phi) is 3.55. The summed E-state index contributed by atoms with van der Waals surface area (Å²) in [7, 11) is 1.31. The molecular formula is C14H14O5. The van der Waals surface area contributed by atoms with Crippen LogP contribution in [0.5, 0.6) is 5.75 Å². The number of carbonyl (C=O) groups excluding carboxylic acids is 1. The normalized spacial score (nSPS) is 10.6. The highest BCUT2D eigenvalue weighted by Crippen LogP contribution is 2.20. The fourth-order valence-corrected chi connectivity index (χ4v) is 1.95. The van der Waals surface area contributed by atoms with E-state index in [9.17, 15) is 14.7 Å². The van der Waals surface area contributed by atoms with Gasteiger partial charge in [0.05, 0.1) is 12.5 Å². The van der Waals surface area contributed by atoms with Crippen LogP contribution in [-0.2, 0) is 16.0 Å². The third-order valence-corrected chi connectivity index (χ3v) is 2.98. The van der Waals surface area contributed by atoms with Gasteiger partial charge in [0.2, 0.25) is 0 Å². The molecule has 0 radical (unpaired) electrons. The summed E-state index contributed by atoms with van der Waals surface area (Å²) < 4.78 is 10.1. The van der Waals surface area contributed by atoms with Gasteiger partial charge in [-0.2, -0.15) is 0 Å². The molecule has 0 spiro atoms. The largest absolute Gasteiger partial charge is 0.508 e. The smallest absolute Gasteiger partial charge is 0.305 e. The number of esters is 1. The standard InChI is InChI=1S/C14H14O5/c1-8-10(5-6-13(16)18-2)14(17)11-4-3-9(15)7-12(11)19-8/h3-4,7,15H,5-6H2,1-2H3. The molecule has 0 bridgehead atoms. The zero-order valence-corrected chi connectivity index (χ0v) is 10.7. The summed E-state index contributed by atoms with van der Waals surface area (Å²) >= 11 is 0. The van der Waals surface area contributed by atoms with E-state index in [1.54, 1.807) is 6.92 Å². The first-order chi connectivity index (χ1) is 9.02. The molecule has 0 aliphatic rings. The predicted molar refractivity (Wildman–Crippen MR) is 69.2 cm³/mol. The minimum absolute atomic E-state index is 0.0392. The van der Waals surface area contributed by atoms with Gasteiger partial charge >= 0.3 is 5.97 Å². The van der Waals surface area contributed by atoms with Crippen molar-refractivity contribution in [2.45, 2.75) is 19.8 Å². The third kappa shape index (κ3) is 2.59. The molecule has 2 aromatic rings. The van der Waals surface area contributed by atoms with Crippen LogP contribution in [0.25, 0.3) is 11.0 Å². The highest BCUT2D eigenvalue weighted by molar-refractivity contribution is 5.79. The van der Waals surface area contributed by atoms with E-state index in [4.69, 9.17) is 4.42 Å². The van der Waals surface area contributed by atoms with Crippen LogP contribution in [0.4, 0.5) is 0 Å². The Hall–Kier alpha value is -2.30. The summed E-state index contributed by atoms with van der Waals surface area (Å²) in [6, 6.07) is 4.34. The molecule has 1 aromatic heterocycles. The quantitative estimate of drug-likeness (QED) is 0.855. The minimum Gasteiger partial charge on any atom is -0.508 e. The lowest BCUT2D eigenvalue weighted by Gasteiger charge is -2.06. The van der Waals surface area contributed by atoms with Gasteiger partial charge < -0.3 is 14.3 Å². The van der Waals surface area contributed by atoms with Crippen LogP contribution in [-0.4, -0.2) is 18.2 Å². The van der Waals surface area contributed by atoms with Gasteiger partial charge in [0.1, 0.15) is 17.1 Å². The maximum atomic E-state index is 12.3. The Morgan fingerprint density at radius 1 is 1.42 bits per heavy atom. The predicted octanol–water partition coefficient (Wildman–Crippen LogP) is 1.91. The van der Waals surface area contributed by atoms with Gasteiger partial charge in [-0.05, 0) is 25.5 Å². The summed E-state index contributed by atoms with van der Waals surface area (Å²) in [5, 5.41) is 9.76. The molecule has 0 unspecified atom stereocenters. The number of phenolic OH excluding ortho intramolecular Hbond substituents is 1. The molecule has 19 heavy (non-hydrogen) atoms. The molecule has 5 heteroatoms. The van der Waals surface area contributed by atoms with Crippen LogP contribution in [0.2, 0.25) is 0 Å². The molecule has 5 nitrogen and oxygen atoms in total. The van der Waals surface area contributed by atoms with Crippen molar-refractivity contribution in [1.29, 1.82) is 0 Å². The molecule has 1 N–H and O–H groups in total. The number of phenols is 1. The fraction of sp³-hybridized carbons (Fsp3) is 0.286. The zero-order chi connectivity index (χ0) is 14.0. The Labute approximate surface area is 109 Å². The van der Waals surface area contributed by atoms with Crippen LogP contribution < -0.4 is 5.43 Å². The van der Waals surface area contributed by atoms with Crippen LogP contribution in [0.3, 0.4) is 0 Å². The summed E-state index contributed by atoms with van der Waals surface area (Å²) in [4.78, 5) is 23.4. The topological polar surface area (TPSA) is 76.7 Å². The van der Waals surface area contributed by atoms with E-state index in [0.29, 0.717) is 22.3 Å². The van der Waals surface area contributed by atoms with Gasteiger partial charge in [-0.15, -0.1) is 0 Å². The Balaban J connectivity index is 2.48. The average Bonchev–Trinajstić information content (AvgIpc) is 2.37. The summed E-state index contributed by atoms with van der Waals surface area (Å²) in [6.45, 7) is 1.66. The summed E-state index contributed by atoms with van der Waals surface area (Å²) in [5.41, 5.74) is 0.621. The van der Waals surface area contributed by atoms with Crippen LogP contribution >= 0.6 is 0 Å². The Morgan fingerprint density at radius 3 is 2.84 bits per heavy atom. The van der Waals surface area contributed by atoms with E-state index in [-0.39, 0.29) is 30.0 Å². The number of methoxy groups -OCH3 is 1. The van der Waals surface area contributed by atoms with Crippen LogP contribution in [0.15, 0.2) is 27.4 Å². The molecule has 0 saturated heterocycles. The third-order valence-electron chi connectivity index (χ3n) is 2.98. The van der Waals surface area contributed by atoms with E-state index in [1.807, 2.05) is 0 Å². The molecule has 1 heterocycles. The van der Waals surface area contributed by atoms with Crippen molar-refractivity contribution >= 4 is 16.9 Å². The monoisotopic (exact) mass is 262 g/mol. The van der Waals surface area contributed by atoms with Crippen molar-refractivity contribution in [3.8, 4) is 5.75 Å². The minimum atomic E-state index is -0.371. The van der Waals surface area contributed by atoms with Gasteiger partial charge in [-0.1, -0.05) is 0 Å². The summed E-state index contributed by atoms with van der Waals surface area (Å²) in [5.74, 6) is 0.119. The molecular weight excluding hydrogens is 248 g/mol. The van der Waals surface area contributed by atoms with E-state index < -0.39 is 0 Å². The molecule has 2 rings (SSSR count). The van der Waals surface area contributed by atoms with Crippen molar-refractivity contribution < 1.29 is 19.1 Å². The second-order valence-electron chi connectivity index (χ2n) is 4.22. The van der Waals surface area contributed by atoms with Gasteiger partial charge in [-0.25, -0.2) is 0 Å². The molecule has 0 saturated carbocycles. The van der Waals surface area contributed by atoms with Gasteiger partial charge in [-0.3, -0.25) is 9.59 Å². The van der Waals surface area contributed by atoms with E-state index >= 15 is 0 Å². The van der Waals surface area contributed by atoms with Crippen molar-refractivity contribution in [1.82, 2.24) is 0 Å². The van der Waals surface area contributed by atoms with Gasteiger partial charge in [0.15, 0.2) is 5.43 Å².